The Morgan fingerprint density at radius 3 is 0.776 bits per heavy atom. The van der Waals surface area contributed by atoms with E-state index in [9.17, 15) is 19.8 Å². The summed E-state index contributed by atoms with van der Waals surface area (Å²) in [6.07, 6.45) is 37.8. The fourth-order valence-electron chi connectivity index (χ4n) is 5.80. The van der Waals surface area contributed by atoms with Crippen molar-refractivity contribution in [3.8, 4) is 0 Å². The summed E-state index contributed by atoms with van der Waals surface area (Å²) in [7, 11) is 13.8. The quantitative estimate of drug-likeness (QED) is 0.0546. The number of aliphatic carboxylic acids is 2. The highest BCUT2D eigenvalue weighted by atomic mass is 16.4. The first kappa shape index (κ1) is 52.2. The zero-order valence-electron chi connectivity index (χ0n) is 34.5. The molecule has 0 aromatic heterocycles. The lowest BCUT2D eigenvalue weighted by Crippen LogP contribution is -2.39. The Balaban J connectivity index is -0.000000695. The lowest BCUT2D eigenvalue weighted by atomic mass is 10.0. The predicted molar refractivity (Wildman–Crippen MR) is 207 cm³/mol. The van der Waals surface area contributed by atoms with Gasteiger partial charge in [0, 0.05) is 12.4 Å². The minimum Gasteiger partial charge on any atom is -0.550 e. The molecule has 0 aliphatic rings. The molecular formula is C42H88N2O5. The van der Waals surface area contributed by atoms with Crippen LogP contribution in [0.1, 0.15) is 200 Å². The van der Waals surface area contributed by atoms with Gasteiger partial charge in [0.15, 0.2) is 0 Å². The maximum atomic E-state index is 9.58. The molecule has 0 saturated carbocycles. The molecule has 0 aliphatic heterocycles. The number of carboxylic acid groups (broad SMARTS) is 2. The van der Waals surface area contributed by atoms with Crippen molar-refractivity contribution in [2.75, 3.05) is 55.4 Å². The van der Waals surface area contributed by atoms with Gasteiger partial charge in [0.25, 0.3) is 0 Å². The largest absolute Gasteiger partial charge is 0.550 e. The third kappa shape index (κ3) is 56.4. The Morgan fingerprint density at radius 2 is 0.633 bits per heavy atom. The maximum absolute atomic E-state index is 9.58. The number of quaternary nitrogens is 2. The Bertz CT molecular complexity index is 646. The summed E-state index contributed by atoms with van der Waals surface area (Å²) in [5, 5.41) is 27.3. The topological polar surface area (TPSA) is 100 Å². The summed E-state index contributed by atoms with van der Waals surface area (Å²) in [6.45, 7) is 7.25. The molecule has 296 valence electrons. The summed E-state index contributed by atoms with van der Waals surface area (Å²) < 4.78 is 2.25. The molecule has 0 amide bonds. The van der Waals surface area contributed by atoms with Crippen LogP contribution in [0.4, 0.5) is 0 Å². The van der Waals surface area contributed by atoms with E-state index in [4.69, 9.17) is 5.11 Å². The molecule has 0 fully saturated rings. The van der Waals surface area contributed by atoms with E-state index in [-0.39, 0.29) is 0 Å². The van der Waals surface area contributed by atoms with Gasteiger partial charge in [-0.3, -0.25) is 0 Å². The Labute approximate surface area is 306 Å². The van der Waals surface area contributed by atoms with Gasteiger partial charge in [-0.15, -0.1) is 0 Å². The number of hydrogen-bond donors (Lipinski definition) is 1. The van der Waals surface area contributed by atoms with Crippen molar-refractivity contribution >= 4 is 11.9 Å². The van der Waals surface area contributed by atoms with E-state index in [1.54, 1.807) is 0 Å². The number of unbranched alkanes of at least 4 members (excludes halogenated alkanes) is 26. The van der Waals surface area contributed by atoms with Crippen LogP contribution in [0.3, 0.4) is 0 Å². The summed E-state index contributed by atoms with van der Waals surface area (Å²) >= 11 is 0. The molecular weight excluding hydrogens is 612 g/mol. The Kier molecular flexibility index (Phi) is 40.5. The van der Waals surface area contributed by atoms with E-state index in [2.05, 4.69) is 56.1 Å². The normalized spacial score (nSPS) is 12.1. The van der Waals surface area contributed by atoms with Gasteiger partial charge in [-0.25, -0.2) is 0 Å². The molecule has 1 atom stereocenters. The summed E-state index contributed by atoms with van der Waals surface area (Å²) in [6, 6.07) is 0. The number of carbonyl (C=O) groups excluding carboxylic acids is 2. The molecule has 7 nitrogen and oxygen atoms in total. The highest BCUT2D eigenvalue weighted by molar-refractivity contribution is 5.77. The van der Waals surface area contributed by atoms with Gasteiger partial charge in [-0.1, -0.05) is 168 Å². The van der Waals surface area contributed by atoms with E-state index >= 15 is 0 Å². The summed E-state index contributed by atoms with van der Waals surface area (Å²) in [5.74, 6) is -3.43. The van der Waals surface area contributed by atoms with Crippen molar-refractivity contribution < 1.29 is 33.9 Å². The number of aliphatic hydroxyl groups is 1. The minimum atomic E-state index is -1.96. The molecule has 7 heteroatoms. The second kappa shape index (κ2) is 38.1. The van der Waals surface area contributed by atoms with Gasteiger partial charge in [0.05, 0.1) is 67.4 Å². The fourth-order valence-corrected chi connectivity index (χ4v) is 5.80. The first-order valence-corrected chi connectivity index (χ1v) is 20.9. The molecule has 0 aromatic carbocycles. The van der Waals surface area contributed by atoms with Gasteiger partial charge in [-0.05, 0) is 25.7 Å². The number of carboxylic acids is 2. The SMILES string of the molecule is CCCCCCCCCCCCCCCC[N+](C)(C)C.CCCCCCCCCCCCCCCC[N+](C)(C)C.O=C([O-])CC(O)C(=O)[O-]. The molecule has 0 bridgehead atoms. The molecule has 0 spiro atoms. The van der Waals surface area contributed by atoms with Crippen LogP contribution in [0.2, 0.25) is 0 Å². The lowest BCUT2D eigenvalue weighted by molar-refractivity contribution is -0.870. The number of rotatable bonds is 33. The van der Waals surface area contributed by atoms with Crippen LogP contribution in [0.5, 0.6) is 0 Å². The molecule has 0 aliphatic carbocycles. The second-order valence-electron chi connectivity index (χ2n) is 16.6. The van der Waals surface area contributed by atoms with Gasteiger partial charge in [0.1, 0.15) is 0 Å². The van der Waals surface area contributed by atoms with Crippen LogP contribution in [0.25, 0.3) is 0 Å². The summed E-state index contributed by atoms with van der Waals surface area (Å²) in [5.41, 5.74) is 0. The van der Waals surface area contributed by atoms with E-state index in [1.165, 1.54) is 193 Å². The first-order valence-electron chi connectivity index (χ1n) is 20.9. The summed E-state index contributed by atoms with van der Waals surface area (Å²) in [4.78, 5) is 19.1. The van der Waals surface area contributed by atoms with Crippen molar-refractivity contribution in [1.82, 2.24) is 0 Å². The monoisotopic (exact) mass is 701 g/mol. The van der Waals surface area contributed by atoms with E-state index in [1.807, 2.05) is 0 Å². The van der Waals surface area contributed by atoms with Crippen molar-refractivity contribution in [2.24, 2.45) is 0 Å². The van der Waals surface area contributed by atoms with Gasteiger partial charge in [0.2, 0.25) is 0 Å². The van der Waals surface area contributed by atoms with Crippen LogP contribution < -0.4 is 10.2 Å². The molecule has 0 rings (SSSR count). The molecule has 0 heterocycles. The third-order valence-corrected chi connectivity index (χ3v) is 9.00. The number of nitrogens with zero attached hydrogens (tertiary/aromatic N) is 2. The average molecular weight is 701 g/mol. The third-order valence-electron chi connectivity index (χ3n) is 9.00. The van der Waals surface area contributed by atoms with Crippen molar-refractivity contribution in [3.05, 3.63) is 0 Å². The molecule has 0 saturated heterocycles. The van der Waals surface area contributed by atoms with Crippen LogP contribution in [-0.4, -0.2) is 87.5 Å². The van der Waals surface area contributed by atoms with E-state index in [0.29, 0.717) is 0 Å². The van der Waals surface area contributed by atoms with E-state index in [0.717, 1.165) is 8.97 Å². The van der Waals surface area contributed by atoms with Crippen molar-refractivity contribution in [3.63, 3.8) is 0 Å². The molecule has 0 radical (unpaired) electrons. The molecule has 1 N–H and O–H groups in total. The smallest absolute Gasteiger partial charge is 0.0985 e. The number of carbonyl (C=O) groups is 2. The van der Waals surface area contributed by atoms with E-state index < -0.39 is 24.5 Å². The maximum Gasteiger partial charge on any atom is 0.0985 e. The Morgan fingerprint density at radius 1 is 0.429 bits per heavy atom. The molecule has 1 unspecified atom stereocenters. The number of hydrogen-bond acceptors (Lipinski definition) is 5. The fraction of sp³-hybridized carbons (Fsp3) is 0.952. The standard InChI is InChI=1S/2C19H42N.C4H6O5/c2*1-5-6-7-8-9-10-11-12-13-14-15-16-17-18-19-20(2,3)4;5-2(4(8)9)1-3(6)7/h2*5-19H2,1-4H3;2,5H,1H2,(H,6,7)(H,8,9)/q2*+1;/p-2. The molecule has 49 heavy (non-hydrogen) atoms. The van der Waals surface area contributed by atoms with Gasteiger partial charge in [-0.2, -0.15) is 0 Å². The lowest BCUT2D eigenvalue weighted by Gasteiger charge is -2.23. The van der Waals surface area contributed by atoms with Crippen LogP contribution in [0, 0.1) is 0 Å². The van der Waals surface area contributed by atoms with Gasteiger partial charge < -0.3 is 33.9 Å². The average Bonchev–Trinajstić information content (AvgIpc) is 3.00. The highest BCUT2D eigenvalue weighted by Crippen LogP contribution is 2.14. The van der Waals surface area contributed by atoms with Gasteiger partial charge >= 0.3 is 0 Å². The first-order chi connectivity index (χ1) is 23.2. The van der Waals surface area contributed by atoms with Crippen LogP contribution >= 0.6 is 0 Å². The minimum absolute atomic E-state index is 0.928. The highest BCUT2D eigenvalue weighted by Gasteiger charge is 2.06. The van der Waals surface area contributed by atoms with Crippen molar-refractivity contribution in [2.45, 2.75) is 206 Å². The zero-order valence-corrected chi connectivity index (χ0v) is 34.5. The second-order valence-corrected chi connectivity index (χ2v) is 16.6. The van der Waals surface area contributed by atoms with Crippen LogP contribution in [-0.2, 0) is 9.59 Å². The van der Waals surface area contributed by atoms with Crippen LogP contribution in [0.15, 0.2) is 0 Å². The number of aliphatic hydroxyl groups excluding tert-OH is 1. The molecule has 0 aromatic rings. The predicted octanol–water partition coefficient (Wildman–Crippen LogP) is 8.59. The Hall–Kier alpha value is -1.18. The van der Waals surface area contributed by atoms with Crippen molar-refractivity contribution in [1.29, 1.82) is 0 Å². The zero-order chi connectivity index (χ0) is 37.7.